The highest BCUT2D eigenvalue weighted by molar-refractivity contribution is 7.89. The Hall–Kier alpha value is -0.910. The van der Waals surface area contributed by atoms with E-state index in [0.717, 1.165) is 30.5 Å². The van der Waals surface area contributed by atoms with Crippen LogP contribution in [0.15, 0.2) is 23.1 Å². The van der Waals surface area contributed by atoms with Gasteiger partial charge in [-0.1, -0.05) is 39.8 Å². The van der Waals surface area contributed by atoms with Crippen molar-refractivity contribution in [3.63, 3.8) is 0 Å². The summed E-state index contributed by atoms with van der Waals surface area (Å²) in [7, 11) is -3.45. The topological polar surface area (TPSA) is 58.2 Å². The van der Waals surface area contributed by atoms with Crippen molar-refractivity contribution < 1.29 is 8.42 Å². The minimum atomic E-state index is -3.45. The summed E-state index contributed by atoms with van der Waals surface area (Å²) in [6, 6.07) is 5.72. The second-order valence-electron chi connectivity index (χ2n) is 5.21. The highest BCUT2D eigenvalue weighted by Gasteiger charge is 2.21. The van der Waals surface area contributed by atoms with Gasteiger partial charge in [0, 0.05) is 12.6 Å². The molecule has 0 saturated heterocycles. The number of rotatable bonds is 9. The maximum Gasteiger partial charge on any atom is 0.241 e. The Kier molecular flexibility index (Phi) is 7.35. The molecule has 0 aliphatic heterocycles. The standard InChI is InChI=1S/C16H28N2O2S/c1-5-14-10-9-13(12-17-8-4)11-16(14)21(19,20)18-15(6-2)7-3/h9-11,15,17-18H,5-8,12H2,1-4H3. The molecule has 1 aromatic rings. The van der Waals surface area contributed by atoms with Gasteiger partial charge >= 0.3 is 0 Å². The van der Waals surface area contributed by atoms with Crippen LogP contribution < -0.4 is 10.0 Å². The highest BCUT2D eigenvalue weighted by atomic mass is 32.2. The zero-order chi connectivity index (χ0) is 15.9. The van der Waals surface area contributed by atoms with E-state index in [2.05, 4.69) is 10.0 Å². The lowest BCUT2D eigenvalue weighted by molar-refractivity contribution is 0.529. The van der Waals surface area contributed by atoms with Crippen LogP contribution >= 0.6 is 0 Å². The summed E-state index contributed by atoms with van der Waals surface area (Å²) in [4.78, 5) is 0.423. The molecule has 0 spiro atoms. The Bertz CT molecular complexity index is 537. The zero-order valence-corrected chi connectivity index (χ0v) is 14.4. The van der Waals surface area contributed by atoms with E-state index in [1.165, 1.54) is 0 Å². The molecule has 0 heterocycles. The van der Waals surface area contributed by atoms with Gasteiger partial charge in [0.25, 0.3) is 0 Å². The molecular weight excluding hydrogens is 284 g/mol. The molecule has 21 heavy (non-hydrogen) atoms. The average Bonchev–Trinajstić information content (AvgIpc) is 2.50. The van der Waals surface area contributed by atoms with Crippen molar-refractivity contribution in [3.8, 4) is 0 Å². The lowest BCUT2D eigenvalue weighted by atomic mass is 10.1. The molecule has 0 saturated carbocycles. The first-order chi connectivity index (χ1) is 9.98. The molecule has 1 rings (SSSR count). The summed E-state index contributed by atoms with van der Waals surface area (Å²) < 4.78 is 28.1. The summed E-state index contributed by atoms with van der Waals surface area (Å²) >= 11 is 0. The van der Waals surface area contributed by atoms with E-state index < -0.39 is 10.0 Å². The van der Waals surface area contributed by atoms with Crippen molar-refractivity contribution in [2.75, 3.05) is 6.54 Å². The van der Waals surface area contributed by atoms with E-state index in [0.29, 0.717) is 17.9 Å². The second-order valence-corrected chi connectivity index (χ2v) is 6.89. The fraction of sp³-hybridized carbons (Fsp3) is 0.625. The monoisotopic (exact) mass is 312 g/mol. The van der Waals surface area contributed by atoms with Gasteiger partial charge in [0.2, 0.25) is 10.0 Å². The summed E-state index contributed by atoms with van der Waals surface area (Å²) in [5, 5.41) is 3.23. The molecule has 4 nitrogen and oxygen atoms in total. The van der Waals surface area contributed by atoms with E-state index in [-0.39, 0.29) is 6.04 Å². The van der Waals surface area contributed by atoms with Gasteiger partial charge in [-0.15, -0.1) is 0 Å². The summed E-state index contributed by atoms with van der Waals surface area (Å²) in [5.41, 5.74) is 1.87. The number of hydrogen-bond acceptors (Lipinski definition) is 3. The zero-order valence-electron chi connectivity index (χ0n) is 13.6. The van der Waals surface area contributed by atoms with Crippen LogP contribution in [0.2, 0.25) is 0 Å². The Morgan fingerprint density at radius 2 is 1.76 bits per heavy atom. The van der Waals surface area contributed by atoms with Crippen molar-refractivity contribution in [1.82, 2.24) is 10.0 Å². The summed E-state index contributed by atoms with van der Waals surface area (Å²) in [6.45, 7) is 9.57. The minimum Gasteiger partial charge on any atom is -0.313 e. The minimum absolute atomic E-state index is 0.00266. The molecule has 1 aromatic carbocycles. The molecule has 5 heteroatoms. The Morgan fingerprint density at radius 3 is 2.29 bits per heavy atom. The summed E-state index contributed by atoms with van der Waals surface area (Å²) in [5.74, 6) is 0. The van der Waals surface area contributed by atoms with Gasteiger partial charge in [0.15, 0.2) is 0 Å². The first-order valence-electron chi connectivity index (χ1n) is 7.83. The predicted octanol–water partition coefficient (Wildman–Crippen LogP) is 2.83. The van der Waals surface area contributed by atoms with E-state index in [1.807, 2.05) is 39.8 Å². The van der Waals surface area contributed by atoms with Crippen molar-refractivity contribution in [2.24, 2.45) is 0 Å². The molecule has 0 fully saturated rings. The maximum absolute atomic E-state index is 12.6. The Labute approximate surface area is 129 Å². The van der Waals surface area contributed by atoms with Crippen LogP contribution in [0.5, 0.6) is 0 Å². The molecule has 0 radical (unpaired) electrons. The van der Waals surface area contributed by atoms with Gasteiger partial charge in [-0.25, -0.2) is 13.1 Å². The van der Waals surface area contributed by atoms with E-state index >= 15 is 0 Å². The smallest absolute Gasteiger partial charge is 0.241 e. The van der Waals surface area contributed by atoms with Crippen LogP contribution in [0, 0.1) is 0 Å². The molecule has 0 unspecified atom stereocenters. The van der Waals surface area contributed by atoms with Gasteiger partial charge < -0.3 is 5.32 Å². The third-order valence-electron chi connectivity index (χ3n) is 3.69. The van der Waals surface area contributed by atoms with Crippen LogP contribution in [-0.2, 0) is 23.0 Å². The van der Waals surface area contributed by atoms with Gasteiger partial charge in [0.05, 0.1) is 4.90 Å². The molecular formula is C16H28N2O2S. The first-order valence-corrected chi connectivity index (χ1v) is 9.31. The van der Waals surface area contributed by atoms with Gasteiger partial charge in [0.1, 0.15) is 0 Å². The molecule has 0 amide bonds. The molecule has 2 N–H and O–H groups in total. The molecule has 0 bridgehead atoms. The van der Waals surface area contributed by atoms with Crippen LogP contribution in [0.4, 0.5) is 0 Å². The fourth-order valence-electron chi connectivity index (χ4n) is 2.26. The van der Waals surface area contributed by atoms with Gasteiger partial charge in [-0.3, -0.25) is 0 Å². The molecule has 0 aliphatic rings. The third kappa shape index (κ3) is 5.09. The lowest BCUT2D eigenvalue weighted by Crippen LogP contribution is -2.34. The molecule has 0 atom stereocenters. The Balaban J connectivity index is 3.12. The quantitative estimate of drug-likeness (QED) is 0.737. The predicted molar refractivity (Wildman–Crippen MR) is 87.9 cm³/mol. The highest BCUT2D eigenvalue weighted by Crippen LogP contribution is 2.19. The summed E-state index contributed by atoms with van der Waals surface area (Å²) in [6.07, 6.45) is 2.31. The van der Waals surface area contributed by atoms with Crippen molar-refractivity contribution in [2.45, 2.75) is 64.4 Å². The second kappa shape index (κ2) is 8.51. The van der Waals surface area contributed by atoms with E-state index in [4.69, 9.17) is 0 Å². The lowest BCUT2D eigenvalue weighted by Gasteiger charge is -2.17. The number of aryl methyl sites for hydroxylation is 1. The fourth-order valence-corrected chi connectivity index (χ4v) is 4.02. The van der Waals surface area contributed by atoms with Crippen molar-refractivity contribution >= 4 is 10.0 Å². The van der Waals surface area contributed by atoms with E-state index in [1.54, 1.807) is 6.07 Å². The maximum atomic E-state index is 12.6. The molecule has 0 aromatic heterocycles. The number of benzene rings is 1. The van der Waals surface area contributed by atoms with Gasteiger partial charge in [-0.05, 0) is 43.0 Å². The van der Waals surface area contributed by atoms with Crippen LogP contribution in [0.1, 0.15) is 51.7 Å². The van der Waals surface area contributed by atoms with Crippen LogP contribution in [-0.4, -0.2) is 21.0 Å². The first kappa shape index (κ1) is 18.1. The number of hydrogen-bond donors (Lipinski definition) is 2. The normalized spacial score (nSPS) is 12.0. The number of nitrogens with one attached hydrogen (secondary N) is 2. The SMILES string of the molecule is CCNCc1ccc(CC)c(S(=O)(=O)NC(CC)CC)c1. The van der Waals surface area contributed by atoms with Gasteiger partial charge in [-0.2, -0.15) is 0 Å². The average molecular weight is 312 g/mol. The molecule has 120 valence electrons. The number of sulfonamides is 1. The van der Waals surface area contributed by atoms with Crippen molar-refractivity contribution in [3.05, 3.63) is 29.3 Å². The van der Waals surface area contributed by atoms with Crippen LogP contribution in [0.25, 0.3) is 0 Å². The van der Waals surface area contributed by atoms with Crippen molar-refractivity contribution in [1.29, 1.82) is 0 Å². The van der Waals surface area contributed by atoms with Crippen LogP contribution in [0.3, 0.4) is 0 Å². The largest absolute Gasteiger partial charge is 0.313 e. The molecule has 0 aliphatic carbocycles. The van der Waals surface area contributed by atoms with E-state index in [9.17, 15) is 8.42 Å². The Morgan fingerprint density at radius 1 is 1.10 bits per heavy atom. The third-order valence-corrected chi connectivity index (χ3v) is 5.29.